The minimum Gasteiger partial charge on any atom is -0.386 e. The topological polar surface area (TPSA) is 48.1 Å². The Bertz CT molecular complexity index is 835. The van der Waals surface area contributed by atoms with Gasteiger partial charge in [0.15, 0.2) is 0 Å². The number of hydrogen-bond acceptors (Lipinski definition) is 4. The fourth-order valence-electron chi connectivity index (χ4n) is 3.32. The van der Waals surface area contributed by atoms with Crippen LogP contribution in [0.5, 0.6) is 0 Å². The van der Waals surface area contributed by atoms with E-state index in [9.17, 15) is 0 Å². The maximum Gasteiger partial charge on any atom is 0.0619 e. The summed E-state index contributed by atoms with van der Waals surface area (Å²) in [6.45, 7) is 4.44. The van der Waals surface area contributed by atoms with Crippen LogP contribution in [-0.2, 0) is 0 Å². The van der Waals surface area contributed by atoms with Crippen molar-refractivity contribution in [1.82, 2.24) is 0 Å². The Hall–Kier alpha value is -3.14. The average Bonchev–Trinajstić information content (AvgIpc) is 2.68. The van der Waals surface area contributed by atoms with Crippen LogP contribution in [0.2, 0.25) is 0 Å². The highest BCUT2D eigenvalue weighted by molar-refractivity contribution is 5.82. The molecule has 3 rings (SSSR count). The largest absolute Gasteiger partial charge is 0.386 e. The lowest BCUT2D eigenvalue weighted by molar-refractivity contribution is 0.871. The van der Waals surface area contributed by atoms with Crippen molar-refractivity contribution < 1.29 is 0 Å². The number of para-hydroxylation sites is 4. The van der Waals surface area contributed by atoms with E-state index >= 15 is 0 Å². The van der Waals surface area contributed by atoms with Crippen molar-refractivity contribution in [2.45, 2.75) is 19.8 Å². The molecule has 0 aliphatic heterocycles. The SMILES string of the molecule is CNc1ccccc1Nc1cccc(Nc2ccccc2NC)c1C(C)C. The molecular formula is C23H28N4. The molecule has 0 amide bonds. The third-order valence-electron chi connectivity index (χ3n) is 4.61. The molecule has 0 aromatic heterocycles. The minimum absolute atomic E-state index is 0.361. The van der Waals surface area contributed by atoms with Crippen molar-refractivity contribution in [3.63, 3.8) is 0 Å². The smallest absolute Gasteiger partial charge is 0.0619 e. The molecule has 4 N–H and O–H groups in total. The fraction of sp³-hybridized carbons (Fsp3) is 0.217. The summed E-state index contributed by atoms with van der Waals surface area (Å²) in [6, 6.07) is 22.8. The molecule has 4 nitrogen and oxygen atoms in total. The van der Waals surface area contributed by atoms with Gasteiger partial charge in [-0.1, -0.05) is 44.2 Å². The molecule has 0 heterocycles. The third-order valence-corrected chi connectivity index (χ3v) is 4.61. The van der Waals surface area contributed by atoms with E-state index in [4.69, 9.17) is 0 Å². The van der Waals surface area contributed by atoms with Crippen LogP contribution >= 0.6 is 0 Å². The first-order valence-electron chi connectivity index (χ1n) is 9.34. The van der Waals surface area contributed by atoms with E-state index in [1.165, 1.54) is 5.56 Å². The van der Waals surface area contributed by atoms with Gasteiger partial charge in [-0.3, -0.25) is 0 Å². The summed E-state index contributed by atoms with van der Waals surface area (Å²) in [6.07, 6.45) is 0. The highest BCUT2D eigenvalue weighted by Crippen LogP contribution is 2.37. The maximum atomic E-state index is 3.61. The van der Waals surface area contributed by atoms with Crippen LogP contribution in [-0.4, -0.2) is 14.1 Å². The summed E-state index contributed by atoms with van der Waals surface area (Å²) in [7, 11) is 3.88. The molecule has 3 aromatic rings. The van der Waals surface area contributed by atoms with Crippen LogP contribution in [0.25, 0.3) is 0 Å². The van der Waals surface area contributed by atoms with E-state index in [2.05, 4.69) is 77.6 Å². The molecule has 27 heavy (non-hydrogen) atoms. The molecule has 0 saturated carbocycles. The van der Waals surface area contributed by atoms with Gasteiger partial charge in [-0.2, -0.15) is 0 Å². The van der Waals surface area contributed by atoms with Gasteiger partial charge >= 0.3 is 0 Å². The first-order chi connectivity index (χ1) is 13.1. The van der Waals surface area contributed by atoms with Crippen molar-refractivity contribution in [3.8, 4) is 0 Å². The van der Waals surface area contributed by atoms with E-state index in [1.807, 2.05) is 38.4 Å². The van der Waals surface area contributed by atoms with Gasteiger partial charge in [0, 0.05) is 31.0 Å². The van der Waals surface area contributed by atoms with Crippen LogP contribution in [0.3, 0.4) is 0 Å². The standard InChI is InChI=1S/C23H28N4/c1-16(2)23-21(26-19-12-7-5-10-17(19)24-3)14-9-15-22(23)27-20-13-8-6-11-18(20)25-4/h5-16,24-27H,1-4H3. The maximum absolute atomic E-state index is 3.61. The van der Waals surface area contributed by atoms with Crippen LogP contribution in [0, 0.1) is 0 Å². The molecule has 140 valence electrons. The summed E-state index contributed by atoms with van der Waals surface area (Å²) in [4.78, 5) is 0. The van der Waals surface area contributed by atoms with Crippen molar-refractivity contribution in [3.05, 3.63) is 72.3 Å². The molecule has 0 aliphatic rings. The predicted molar refractivity (Wildman–Crippen MR) is 119 cm³/mol. The molecule has 4 heteroatoms. The summed E-state index contributed by atoms with van der Waals surface area (Å²) >= 11 is 0. The first kappa shape index (κ1) is 18.6. The van der Waals surface area contributed by atoms with Crippen molar-refractivity contribution in [1.29, 1.82) is 0 Å². The molecular weight excluding hydrogens is 332 g/mol. The highest BCUT2D eigenvalue weighted by atomic mass is 15.0. The molecule has 0 saturated heterocycles. The lowest BCUT2D eigenvalue weighted by Crippen LogP contribution is -2.05. The Morgan fingerprint density at radius 3 is 1.26 bits per heavy atom. The van der Waals surface area contributed by atoms with Gasteiger partial charge in [0.25, 0.3) is 0 Å². The summed E-state index contributed by atoms with van der Waals surface area (Å²) in [5, 5.41) is 13.7. The lowest BCUT2D eigenvalue weighted by atomic mass is 9.98. The number of benzene rings is 3. The van der Waals surface area contributed by atoms with E-state index in [0.29, 0.717) is 5.92 Å². The van der Waals surface area contributed by atoms with Crippen molar-refractivity contribution in [2.24, 2.45) is 0 Å². The monoisotopic (exact) mass is 360 g/mol. The zero-order chi connectivity index (χ0) is 19.2. The molecule has 0 radical (unpaired) electrons. The van der Waals surface area contributed by atoms with Crippen LogP contribution in [0.15, 0.2) is 66.7 Å². The Morgan fingerprint density at radius 2 is 0.889 bits per heavy atom. The quantitative estimate of drug-likeness (QED) is 0.395. The second kappa shape index (κ2) is 8.49. The van der Waals surface area contributed by atoms with E-state index in [-0.39, 0.29) is 0 Å². The second-order valence-corrected chi connectivity index (χ2v) is 6.76. The number of hydrogen-bond donors (Lipinski definition) is 4. The van der Waals surface area contributed by atoms with Gasteiger partial charge in [-0.15, -0.1) is 0 Å². The Morgan fingerprint density at radius 1 is 0.519 bits per heavy atom. The van der Waals surface area contributed by atoms with E-state index < -0.39 is 0 Å². The second-order valence-electron chi connectivity index (χ2n) is 6.76. The zero-order valence-corrected chi connectivity index (χ0v) is 16.4. The normalized spacial score (nSPS) is 10.6. The lowest BCUT2D eigenvalue weighted by Gasteiger charge is -2.22. The van der Waals surface area contributed by atoms with Gasteiger partial charge in [0.2, 0.25) is 0 Å². The Labute approximate surface area is 162 Å². The summed E-state index contributed by atoms with van der Waals surface area (Å²) in [5.41, 5.74) is 7.76. The first-order valence-corrected chi connectivity index (χ1v) is 9.34. The number of anilines is 6. The summed E-state index contributed by atoms with van der Waals surface area (Å²) in [5.74, 6) is 0.361. The molecule has 0 unspecified atom stereocenters. The van der Waals surface area contributed by atoms with Crippen LogP contribution in [0.4, 0.5) is 34.1 Å². The van der Waals surface area contributed by atoms with Gasteiger partial charge in [0.05, 0.1) is 22.7 Å². The number of rotatable bonds is 7. The fourth-order valence-corrected chi connectivity index (χ4v) is 3.32. The average molecular weight is 361 g/mol. The molecule has 0 spiro atoms. The zero-order valence-electron chi connectivity index (χ0n) is 16.4. The van der Waals surface area contributed by atoms with Gasteiger partial charge in [-0.25, -0.2) is 0 Å². The molecule has 3 aromatic carbocycles. The Kier molecular flexibility index (Phi) is 5.87. The predicted octanol–water partition coefficient (Wildman–Crippen LogP) is 6.38. The van der Waals surface area contributed by atoms with Crippen LogP contribution < -0.4 is 21.3 Å². The molecule has 0 bridgehead atoms. The third kappa shape index (κ3) is 4.17. The number of nitrogens with one attached hydrogen (secondary N) is 4. The van der Waals surface area contributed by atoms with Crippen molar-refractivity contribution >= 4 is 34.1 Å². The molecule has 0 atom stereocenters. The van der Waals surface area contributed by atoms with Crippen LogP contribution in [0.1, 0.15) is 25.3 Å². The molecule has 0 fully saturated rings. The summed E-state index contributed by atoms with van der Waals surface area (Å²) < 4.78 is 0. The van der Waals surface area contributed by atoms with Gasteiger partial charge in [0.1, 0.15) is 0 Å². The van der Waals surface area contributed by atoms with Gasteiger partial charge < -0.3 is 21.3 Å². The van der Waals surface area contributed by atoms with E-state index in [1.54, 1.807) is 0 Å². The highest BCUT2D eigenvalue weighted by Gasteiger charge is 2.14. The Balaban J connectivity index is 2.00. The van der Waals surface area contributed by atoms with Gasteiger partial charge in [-0.05, 0) is 42.3 Å². The van der Waals surface area contributed by atoms with E-state index in [0.717, 1.165) is 34.1 Å². The minimum atomic E-state index is 0.361. The van der Waals surface area contributed by atoms with Crippen molar-refractivity contribution in [2.75, 3.05) is 35.4 Å². The molecule has 0 aliphatic carbocycles.